The van der Waals surface area contributed by atoms with Crippen LogP contribution >= 0.6 is 0 Å². The highest BCUT2D eigenvalue weighted by Crippen LogP contribution is 2.28. The Morgan fingerprint density at radius 1 is 1.20 bits per heavy atom. The van der Waals surface area contributed by atoms with Gasteiger partial charge in [-0.1, -0.05) is 30.3 Å². The highest BCUT2D eigenvalue weighted by Gasteiger charge is 2.35. The molecule has 1 saturated heterocycles. The van der Waals surface area contributed by atoms with E-state index in [0.717, 1.165) is 16.8 Å². The third-order valence-corrected chi connectivity index (χ3v) is 5.46. The normalized spacial score (nSPS) is 16.2. The number of nitrogens with zero attached hydrogens (tertiary/aromatic N) is 3. The van der Waals surface area contributed by atoms with E-state index in [1.807, 2.05) is 51.1 Å². The van der Waals surface area contributed by atoms with E-state index < -0.39 is 5.92 Å². The van der Waals surface area contributed by atoms with Gasteiger partial charge in [-0.15, -0.1) is 0 Å². The van der Waals surface area contributed by atoms with Crippen LogP contribution in [0.5, 0.6) is 0 Å². The van der Waals surface area contributed by atoms with E-state index in [2.05, 4.69) is 15.5 Å². The number of anilines is 2. The van der Waals surface area contributed by atoms with Crippen molar-refractivity contribution in [3.63, 3.8) is 0 Å². The van der Waals surface area contributed by atoms with Crippen LogP contribution in [0.2, 0.25) is 0 Å². The van der Waals surface area contributed by atoms with Gasteiger partial charge in [0.2, 0.25) is 23.5 Å². The fourth-order valence-corrected chi connectivity index (χ4v) is 3.52. The number of aryl methyl sites for hydroxylation is 3. The maximum atomic E-state index is 12.8. The van der Waals surface area contributed by atoms with E-state index in [1.54, 1.807) is 17.0 Å². The molecule has 4 rings (SSSR count). The summed E-state index contributed by atoms with van der Waals surface area (Å²) in [4.78, 5) is 31.4. The van der Waals surface area contributed by atoms with E-state index in [1.165, 1.54) is 5.56 Å². The van der Waals surface area contributed by atoms with Crippen molar-refractivity contribution in [2.24, 2.45) is 5.92 Å². The smallest absolute Gasteiger partial charge is 0.229 e. The molecule has 1 N–H and O–H groups in total. The second-order valence-electron chi connectivity index (χ2n) is 7.61. The summed E-state index contributed by atoms with van der Waals surface area (Å²) >= 11 is 0. The molecular formula is C23H24N4O3. The second-order valence-corrected chi connectivity index (χ2v) is 7.61. The topological polar surface area (TPSA) is 88.3 Å². The molecule has 2 aromatic carbocycles. The molecule has 1 fully saturated rings. The fourth-order valence-electron chi connectivity index (χ4n) is 3.52. The highest BCUT2D eigenvalue weighted by atomic mass is 16.5. The number of benzene rings is 2. The predicted molar refractivity (Wildman–Crippen MR) is 114 cm³/mol. The van der Waals surface area contributed by atoms with Gasteiger partial charge in [-0.05, 0) is 49.2 Å². The van der Waals surface area contributed by atoms with Gasteiger partial charge in [0.25, 0.3) is 0 Å². The van der Waals surface area contributed by atoms with Crippen LogP contribution in [0, 0.1) is 19.8 Å². The number of rotatable bonds is 5. The second kappa shape index (κ2) is 8.10. The molecular weight excluding hydrogens is 380 g/mol. The minimum atomic E-state index is -0.403. The van der Waals surface area contributed by atoms with Gasteiger partial charge in [-0.25, -0.2) is 0 Å². The van der Waals surface area contributed by atoms with Crippen molar-refractivity contribution < 1.29 is 14.1 Å². The van der Waals surface area contributed by atoms with Crippen LogP contribution in [-0.2, 0) is 16.0 Å². The van der Waals surface area contributed by atoms with Crippen LogP contribution in [0.25, 0.3) is 11.4 Å². The van der Waals surface area contributed by atoms with E-state index in [4.69, 9.17) is 4.52 Å². The largest absolute Gasteiger partial charge is 0.339 e. The molecule has 0 bridgehead atoms. The van der Waals surface area contributed by atoms with Gasteiger partial charge in [0, 0.05) is 36.3 Å². The lowest BCUT2D eigenvalue weighted by atomic mass is 10.1. The zero-order valence-electron chi connectivity index (χ0n) is 17.3. The monoisotopic (exact) mass is 404 g/mol. The molecule has 0 spiro atoms. The van der Waals surface area contributed by atoms with Crippen LogP contribution in [-0.4, -0.2) is 28.5 Å². The lowest BCUT2D eigenvalue weighted by Gasteiger charge is -2.18. The first-order valence-electron chi connectivity index (χ1n) is 10.1. The van der Waals surface area contributed by atoms with Crippen molar-refractivity contribution in [2.75, 3.05) is 16.8 Å². The number of carbonyl (C=O) groups is 2. The first-order chi connectivity index (χ1) is 14.4. The lowest BCUT2D eigenvalue weighted by molar-refractivity contribution is -0.122. The molecule has 0 unspecified atom stereocenters. The summed E-state index contributed by atoms with van der Waals surface area (Å²) in [6.07, 6.45) is 0.860. The Labute approximate surface area is 175 Å². The molecule has 2 heterocycles. The summed E-state index contributed by atoms with van der Waals surface area (Å²) in [5.74, 6) is 0.440. The molecule has 7 heteroatoms. The van der Waals surface area contributed by atoms with E-state index >= 15 is 0 Å². The minimum Gasteiger partial charge on any atom is -0.339 e. The molecule has 0 saturated carbocycles. The van der Waals surface area contributed by atoms with Gasteiger partial charge in [-0.3, -0.25) is 9.59 Å². The third-order valence-electron chi connectivity index (χ3n) is 5.46. The van der Waals surface area contributed by atoms with E-state index in [0.29, 0.717) is 30.4 Å². The standard InChI is InChI=1S/C23H24N4O3/c1-4-20-25-22(26-30-20)16-6-5-7-18(11-16)24-23(29)17-12-21(28)27(13-17)19-9-8-14(2)15(3)10-19/h5-11,17H,4,12-13H2,1-3H3,(H,24,29)/t17-/m0/s1. The SMILES string of the molecule is CCc1nc(-c2cccc(NC(=O)[C@H]3CC(=O)N(c4ccc(C)c(C)c4)C3)c2)no1. The first-order valence-corrected chi connectivity index (χ1v) is 10.1. The van der Waals surface area contributed by atoms with Crippen molar-refractivity contribution >= 4 is 23.2 Å². The maximum Gasteiger partial charge on any atom is 0.229 e. The Morgan fingerprint density at radius 3 is 2.77 bits per heavy atom. The molecule has 1 aliphatic heterocycles. The molecule has 1 aliphatic rings. The van der Waals surface area contributed by atoms with Crippen molar-refractivity contribution in [1.82, 2.24) is 10.1 Å². The summed E-state index contributed by atoms with van der Waals surface area (Å²) in [5.41, 5.74) is 4.53. The quantitative estimate of drug-likeness (QED) is 0.697. The summed E-state index contributed by atoms with van der Waals surface area (Å²) in [5, 5.41) is 6.90. The number of aromatic nitrogens is 2. The number of hydrogen-bond acceptors (Lipinski definition) is 5. The number of amides is 2. The van der Waals surface area contributed by atoms with Crippen molar-refractivity contribution in [3.05, 3.63) is 59.5 Å². The van der Waals surface area contributed by atoms with Crippen LogP contribution in [0.4, 0.5) is 11.4 Å². The fraction of sp³-hybridized carbons (Fsp3) is 0.304. The van der Waals surface area contributed by atoms with Gasteiger partial charge in [0.05, 0.1) is 5.92 Å². The average Bonchev–Trinajstić information content (AvgIpc) is 3.37. The zero-order valence-corrected chi connectivity index (χ0v) is 17.3. The van der Waals surface area contributed by atoms with Gasteiger partial charge >= 0.3 is 0 Å². The molecule has 3 aromatic rings. The Hall–Kier alpha value is -3.48. The Kier molecular flexibility index (Phi) is 5.35. The van der Waals surface area contributed by atoms with Crippen LogP contribution in [0.1, 0.15) is 30.4 Å². The van der Waals surface area contributed by atoms with Crippen LogP contribution in [0.15, 0.2) is 47.0 Å². The minimum absolute atomic E-state index is 0.0361. The molecule has 2 amide bonds. The molecule has 0 aliphatic carbocycles. The Bertz CT molecular complexity index is 1110. The van der Waals surface area contributed by atoms with Gasteiger partial charge < -0.3 is 14.7 Å². The first kappa shape index (κ1) is 19.8. The molecule has 30 heavy (non-hydrogen) atoms. The summed E-state index contributed by atoms with van der Waals surface area (Å²) in [7, 11) is 0. The van der Waals surface area contributed by atoms with E-state index in [9.17, 15) is 9.59 Å². The molecule has 154 valence electrons. The number of nitrogens with one attached hydrogen (secondary N) is 1. The molecule has 1 aromatic heterocycles. The highest BCUT2D eigenvalue weighted by molar-refractivity contribution is 6.03. The Morgan fingerprint density at radius 2 is 2.03 bits per heavy atom. The zero-order chi connectivity index (χ0) is 21.3. The summed E-state index contributed by atoms with van der Waals surface area (Å²) in [6, 6.07) is 13.2. The van der Waals surface area contributed by atoms with Crippen molar-refractivity contribution in [2.45, 2.75) is 33.6 Å². The Balaban J connectivity index is 1.46. The van der Waals surface area contributed by atoms with Crippen molar-refractivity contribution in [3.8, 4) is 11.4 Å². The summed E-state index contributed by atoms with van der Waals surface area (Å²) < 4.78 is 5.16. The van der Waals surface area contributed by atoms with Crippen LogP contribution < -0.4 is 10.2 Å². The van der Waals surface area contributed by atoms with Crippen LogP contribution in [0.3, 0.4) is 0 Å². The average molecular weight is 404 g/mol. The van der Waals surface area contributed by atoms with Gasteiger partial charge in [0.1, 0.15) is 0 Å². The van der Waals surface area contributed by atoms with Gasteiger partial charge in [0.15, 0.2) is 0 Å². The number of carbonyl (C=O) groups excluding carboxylic acids is 2. The molecule has 0 radical (unpaired) electrons. The third kappa shape index (κ3) is 3.96. The number of hydrogen-bond donors (Lipinski definition) is 1. The summed E-state index contributed by atoms with van der Waals surface area (Å²) in [6.45, 7) is 6.37. The lowest BCUT2D eigenvalue weighted by Crippen LogP contribution is -2.28. The molecule has 7 nitrogen and oxygen atoms in total. The van der Waals surface area contributed by atoms with Gasteiger partial charge in [-0.2, -0.15) is 4.98 Å². The molecule has 1 atom stereocenters. The maximum absolute atomic E-state index is 12.8. The predicted octanol–water partition coefficient (Wildman–Crippen LogP) is 3.91. The van der Waals surface area contributed by atoms with Crippen molar-refractivity contribution in [1.29, 1.82) is 0 Å². The van der Waals surface area contributed by atoms with E-state index in [-0.39, 0.29) is 18.2 Å².